The van der Waals surface area contributed by atoms with E-state index in [0.717, 1.165) is 30.6 Å². The van der Waals surface area contributed by atoms with Crippen LogP contribution in [0.3, 0.4) is 0 Å². The van der Waals surface area contributed by atoms with Gasteiger partial charge in [-0.2, -0.15) is 0 Å². The van der Waals surface area contributed by atoms with Gasteiger partial charge in [-0.1, -0.05) is 36.4 Å². The molecule has 0 fully saturated rings. The molecule has 3 N–H and O–H groups in total. The van der Waals surface area contributed by atoms with Gasteiger partial charge >= 0.3 is 0 Å². The smallest absolute Gasteiger partial charge is 0.249 e. The van der Waals surface area contributed by atoms with Gasteiger partial charge in [0.1, 0.15) is 0 Å². The zero-order valence-corrected chi connectivity index (χ0v) is 10.6. The number of fused-ring (bicyclic) bond motifs is 1. The normalized spacial score (nSPS) is 13.9. The van der Waals surface area contributed by atoms with Crippen LogP contribution in [-0.2, 0) is 13.0 Å². The highest BCUT2D eigenvalue weighted by Gasteiger charge is 2.16. The fraction of sp³-hybridized carbons (Fsp3) is 0.188. The van der Waals surface area contributed by atoms with Crippen LogP contribution >= 0.6 is 0 Å². The summed E-state index contributed by atoms with van der Waals surface area (Å²) >= 11 is 0. The maximum atomic E-state index is 11.6. The van der Waals surface area contributed by atoms with Gasteiger partial charge in [-0.15, -0.1) is 0 Å². The van der Waals surface area contributed by atoms with Crippen LogP contribution in [0.1, 0.15) is 21.5 Å². The Labute approximate surface area is 112 Å². The first-order valence-corrected chi connectivity index (χ1v) is 6.48. The Morgan fingerprint density at radius 2 is 1.84 bits per heavy atom. The fourth-order valence-corrected chi connectivity index (χ4v) is 2.70. The van der Waals surface area contributed by atoms with Crippen LogP contribution in [0.2, 0.25) is 0 Å². The number of amides is 1. The van der Waals surface area contributed by atoms with Crippen LogP contribution in [0.25, 0.3) is 11.1 Å². The Balaban J connectivity index is 2.20. The van der Waals surface area contributed by atoms with Crippen molar-refractivity contribution in [3.05, 3.63) is 59.2 Å². The molecule has 19 heavy (non-hydrogen) atoms. The summed E-state index contributed by atoms with van der Waals surface area (Å²) in [5.41, 5.74) is 10.7. The van der Waals surface area contributed by atoms with E-state index in [-0.39, 0.29) is 5.91 Å². The highest BCUT2D eigenvalue weighted by Crippen LogP contribution is 2.30. The standard InChI is InChI=1S/C16H16N2O/c17-16(19)14-6-2-1-5-12(14)13-7-3-4-11-8-9-18-10-15(11)13/h1-7,18H,8-10H2,(H2,17,19). The Kier molecular flexibility index (Phi) is 3.05. The second-order valence-corrected chi connectivity index (χ2v) is 4.78. The van der Waals surface area contributed by atoms with Crippen LogP contribution in [-0.4, -0.2) is 12.5 Å². The molecule has 0 bridgehead atoms. The van der Waals surface area contributed by atoms with Crippen molar-refractivity contribution in [3.8, 4) is 11.1 Å². The molecular formula is C16H16N2O. The van der Waals surface area contributed by atoms with Crippen LogP contribution < -0.4 is 11.1 Å². The summed E-state index contributed by atoms with van der Waals surface area (Å²) in [6, 6.07) is 13.8. The molecule has 3 nitrogen and oxygen atoms in total. The van der Waals surface area contributed by atoms with E-state index in [1.807, 2.05) is 18.2 Å². The molecule has 1 amide bonds. The van der Waals surface area contributed by atoms with Crippen LogP contribution in [0.15, 0.2) is 42.5 Å². The quantitative estimate of drug-likeness (QED) is 0.860. The van der Waals surface area contributed by atoms with Crippen molar-refractivity contribution in [1.82, 2.24) is 5.32 Å². The Bertz CT molecular complexity index is 634. The van der Waals surface area contributed by atoms with Crippen LogP contribution in [0, 0.1) is 0 Å². The fourth-order valence-electron chi connectivity index (χ4n) is 2.70. The molecular weight excluding hydrogens is 236 g/mol. The van der Waals surface area contributed by atoms with Gasteiger partial charge < -0.3 is 11.1 Å². The molecule has 3 rings (SSSR count). The third kappa shape index (κ3) is 2.13. The topological polar surface area (TPSA) is 55.1 Å². The Morgan fingerprint density at radius 1 is 1.05 bits per heavy atom. The molecule has 0 aliphatic carbocycles. The second-order valence-electron chi connectivity index (χ2n) is 4.78. The number of hydrogen-bond acceptors (Lipinski definition) is 2. The van der Waals surface area contributed by atoms with Gasteiger partial charge in [0.2, 0.25) is 5.91 Å². The lowest BCUT2D eigenvalue weighted by atomic mass is 9.90. The second kappa shape index (κ2) is 4.86. The number of benzene rings is 2. The minimum absolute atomic E-state index is 0.378. The lowest BCUT2D eigenvalue weighted by molar-refractivity contribution is 0.100. The van der Waals surface area contributed by atoms with E-state index in [0.29, 0.717) is 5.56 Å². The van der Waals surface area contributed by atoms with Crippen molar-refractivity contribution < 1.29 is 4.79 Å². The molecule has 96 valence electrons. The van der Waals surface area contributed by atoms with Gasteiger partial charge in [0.15, 0.2) is 0 Å². The van der Waals surface area contributed by atoms with Gasteiger partial charge in [-0.25, -0.2) is 0 Å². The average Bonchev–Trinajstić information content (AvgIpc) is 2.46. The molecule has 0 atom stereocenters. The number of rotatable bonds is 2. The van der Waals surface area contributed by atoms with E-state index in [1.54, 1.807) is 6.07 Å². The predicted octanol–water partition coefficient (Wildman–Crippen LogP) is 2.10. The van der Waals surface area contributed by atoms with E-state index < -0.39 is 0 Å². The SMILES string of the molecule is NC(=O)c1ccccc1-c1cccc2c1CNCC2. The molecule has 0 aromatic heterocycles. The summed E-state index contributed by atoms with van der Waals surface area (Å²) in [5, 5.41) is 3.38. The average molecular weight is 252 g/mol. The molecule has 0 spiro atoms. The highest BCUT2D eigenvalue weighted by molar-refractivity contribution is 6.00. The number of carbonyl (C=O) groups excluding carboxylic acids is 1. The molecule has 0 unspecified atom stereocenters. The van der Waals surface area contributed by atoms with Crippen molar-refractivity contribution in [3.63, 3.8) is 0 Å². The first-order chi connectivity index (χ1) is 9.27. The lowest BCUT2D eigenvalue weighted by Crippen LogP contribution is -2.24. The first-order valence-electron chi connectivity index (χ1n) is 6.48. The van der Waals surface area contributed by atoms with Gasteiger partial charge in [0, 0.05) is 12.1 Å². The molecule has 1 heterocycles. The van der Waals surface area contributed by atoms with E-state index in [4.69, 9.17) is 5.73 Å². The molecule has 0 saturated carbocycles. The minimum Gasteiger partial charge on any atom is -0.366 e. The number of nitrogens with two attached hydrogens (primary N) is 1. The van der Waals surface area contributed by atoms with Crippen molar-refractivity contribution in [2.75, 3.05) is 6.54 Å². The van der Waals surface area contributed by atoms with Gasteiger partial charge in [0.25, 0.3) is 0 Å². The predicted molar refractivity (Wildman–Crippen MR) is 75.8 cm³/mol. The summed E-state index contributed by atoms with van der Waals surface area (Å²) in [5.74, 6) is -0.378. The molecule has 0 saturated heterocycles. The van der Waals surface area contributed by atoms with Crippen molar-refractivity contribution in [1.29, 1.82) is 0 Å². The van der Waals surface area contributed by atoms with E-state index in [1.165, 1.54) is 11.1 Å². The largest absolute Gasteiger partial charge is 0.366 e. The van der Waals surface area contributed by atoms with Gasteiger partial charge in [0.05, 0.1) is 0 Å². The summed E-state index contributed by atoms with van der Waals surface area (Å²) in [6.07, 6.45) is 1.03. The van der Waals surface area contributed by atoms with Crippen molar-refractivity contribution >= 4 is 5.91 Å². The molecule has 0 radical (unpaired) electrons. The summed E-state index contributed by atoms with van der Waals surface area (Å²) in [7, 11) is 0. The lowest BCUT2D eigenvalue weighted by Gasteiger charge is -2.21. The first kappa shape index (κ1) is 11.9. The van der Waals surface area contributed by atoms with E-state index in [2.05, 4.69) is 23.5 Å². The number of hydrogen-bond donors (Lipinski definition) is 2. The molecule has 1 aliphatic rings. The van der Waals surface area contributed by atoms with Gasteiger partial charge in [-0.3, -0.25) is 4.79 Å². The maximum absolute atomic E-state index is 11.6. The minimum atomic E-state index is -0.378. The molecule has 2 aromatic rings. The van der Waals surface area contributed by atoms with Crippen LogP contribution in [0.5, 0.6) is 0 Å². The molecule has 3 heteroatoms. The zero-order chi connectivity index (χ0) is 13.2. The number of carbonyl (C=O) groups is 1. The highest BCUT2D eigenvalue weighted by atomic mass is 16.1. The maximum Gasteiger partial charge on any atom is 0.249 e. The Morgan fingerprint density at radius 3 is 2.68 bits per heavy atom. The summed E-state index contributed by atoms with van der Waals surface area (Å²) in [4.78, 5) is 11.6. The number of nitrogens with one attached hydrogen (secondary N) is 1. The van der Waals surface area contributed by atoms with Gasteiger partial charge in [-0.05, 0) is 41.3 Å². The summed E-state index contributed by atoms with van der Waals surface area (Å²) < 4.78 is 0. The Hall–Kier alpha value is -2.13. The monoisotopic (exact) mass is 252 g/mol. The van der Waals surface area contributed by atoms with E-state index in [9.17, 15) is 4.79 Å². The molecule has 2 aromatic carbocycles. The zero-order valence-electron chi connectivity index (χ0n) is 10.6. The third-order valence-corrected chi connectivity index (χ3v) is 3.63. The van der Waals surface area contributed by atoms with Crippen LogP contribution in [0.4, 0.5) is 0 Å². The van der Waals surface area contributed by atoms with E-state index >= 15 is 0 Å². The molecule has 1 aliphatic heterocycles. The third-order valence-electron chi connectivity index (χ3n) is 3.63. The summed E-state index contributed by atoms with van der Waals surface area (Å²) in [6.45, 7) is 1.85. The van der Waals surface area contributed by atoms with Crippen molar-refractivity contribution in [2.45, 2.75) is 13.0 Å². The number of primary amides is 1. The van der Waals surface area contributed by atoms with Crippen molar-refractivity contribution in [2.24, 2.45) is 5.73 Å².